The number of hydrogen-bond acceptors (Lipinski definition) is 6. The van der Waals surface area contributed by atoms with Crippen molar-refractivity contribution in [2.24, 2.45) is 0 Å². The van der Waals surface area contributed by atoms with E-state index in [1.807, 2.05) is 41.3 Å². The molecule has 0 atom stereocenters. The molecule has 0 aliphatic carbocycles. The van der Waals surface area contributed by atoms with Gasteiger partial charge in [0.25, 0.3) is 5.91 Å². The number of benzene rings is 2. The summed E-state index contributed by atoms with van der Waals surface area (Å²) in [7, 11) is 0. The Labute approximate surface area is 197 Å². The number of piperazine rings is 1. The van der Waals surface area contributed by atoms with Crippen LogP contribution in [0.1, 0.15) is 26.4 Å². The van der Waals surface area contributed by atoms with Crippen LogP contribution in [0.25, 0.3) is 17.1 Å². The van der Waals surface area contributed by atoms with Crippen LogP contribution in [-0.2, 0) is 0 Å². The molecule has 1 aliphatic heterocycles. The standard InChI is InChI=1S/C27H23N5O2/c33-26(10-9-22-19-29-24-3-1-2-4-25(24)30-22)20-5-7-21(8-6-20)27(34)32-17-15-31(16-18-32)23-11-13-28-14-12-23/h1-14,19H,15-18H2/b10-9+. The maximum absolute atomic E-state index is 12.9. The third-order valence-electron chi connectivity index (χ3n) is 5.88. The molecule has 34 heavy (non-hydrogen) atoms. The number of para-hydroxylation sites is 2. The lowest BCUT2D eigenvalue weighted by atomic mass is 10.1. The number of rotatable bonds is 5. The van der Waals surface area contributed by atoms with E-state index in [4.69, 9.17) is 0 Å². The highest BCUT2D eigenvalue weighted by Crippen LogP contribution is 2.17. The minimum atomic E-state index is -0.153. The molecule has 3 heterocycles. The van der Waals surface area contributed by atoms with E-state index in [-0.39, 0.29) is 11.7 Å². The number of nitrogens with zero attached hydrogens (tertiary/aromatic N) is 5. The molecule has 0 unspecified atom stereocenters. The van der Waals surface area contributed by atoms with Crippen molar-refractivity contribution in [1.29, 1.82) is 0 Å². The minimum absolute atomic E-state index is 0.0182. The fourth-order valence-corrected chi connectivity index (χ4v) is 3.99. The van der Waals surface area contributed by atoms with Crippen molar-refractivity contribution in [3.63, 3.8) is 0 Å². The smallest absolute Gasteiger partial charge is 0.253 e. The van der Waals surface area contributed by atoms with Crippen LogP contribution in [0.4, 0.5) is 5.69 Å². The van der Waals surface area contributed by atoms with Gasteiger partial charge >= 0.3 is 0 Å². The summed E-state index contributed by atoms with van der Waals surface area (Å²) in [6, 6.07) is 18.4. The SMILES string of the molecule is O=C(/C=C/c1cnc2ccccc2n1)c1ccc(C(=O)N2CCN(c3ccncc3)CC2)cc1. The normalized spacial score (nSPS) is 14.0. The summed E-state index contributed by atoms with van der Waals surface area (Å²) < 4.78 is 0. The first-order valence-corrected chi connectivity index (χ1v) is 11.2. The lowest BCUT2D eigenvalue weighted by molar-refractivity contribution is 0.0746. The number of ketones is 1. The van der Waals surface area contributed by atoms with Gasteiger partial charge in [0.1, 0.15) is 0 Å². The van der Waals surface area contributed by atoms with E-state index in [0.29, 0.717) is 29.9 Å². The first-order valence-electron chi connectivity index (χ1n) is 11.2. The Morgan fingerprint density at radius 3 is 2.21 bits per heavy atom. The van der Waals surface area contributed by atoms with Crippen molar-refractivity contribution in [1.82, 2.24) is 19.9 Å². The van der Waals surface area contributed by atoms with E-state index in [1.54, 1.807) is 48.9 Å². The maximum Gasteiger partial charge on any atom is 0.253 e. The second kappa shape index (κ2) is 9.62. The molecule has 2 aromatic carbocycles. The third kappa shape index (κ3) is 4.68. The molecular weight excluding hydrogens is 426 g/mol. The van der Waals surface area contributed by atoms with Crippen LogP contribution in [-0.4, -0.2) is 57.7 Å². The molecule has 1 amide bonds. The number of amides is 1. The van der Waals surface area contributed by atoms with Crippen LogP contribution in [0.5, 0.6) is 0 Å². The quantitative estimate of drug-likeness (QED) is 0.340. The molecule has 1 aliphatic rings. The van der Waals surface area contributed by atoms with E-state index >= 15 is 0 Å². The van der Waals surface area contributed by atoms with Crippen molar-refractivity contribution < 1.29 is 9.59 Å². The van der Waals surface area contributed by atoms with E-state index in [0.717, 1.165) is 29.8 Å². The molecular formula is C27H23N5O2. The number of hydrogen-bond donors (Lipinski definition) is 0. The van der Waals surface area contributed by atoms with Gasteiger partial charge in [-0.15, -0.1) is 0 Å². The topological polar surface area (TPSA) is 79.3 Å². The average Bonchev–Trinajstić information content (AvgIpc) is 2.92. The number of carbonyl (C=O) groups excluding carboxylic acids is 2. The maximum atomic E-state index is 12.9. The molecule has 1 fully saturated rings. The van der Waals surface area contributed by atoms with Gasteiger partial charge in [0, 0.05) is 55.4 Å². The van der Waals surface area contributed by atoms with Gasteiger partial charge < -0.3 is 9.80 Å². The molecule has 2 aromatic heterocycles. The summed E-state index contributed by atoms with van der Waals surface area (Å²) in [5.41, 5.74) is 4.42. The highest BCUT2D eigenvalue weighted by molar-refractivity contribution is 6.07. The van der Waals surface area contributed by atoms with Crippen molar-refractivity contribution >= 4 is 34.5 Å². The zero-order valence-corrected chi connectivity index (χ0v) is 18.5. The number of carbonyl (C=O) groups is 2. The van der Waals surface area contributed by atoms with Crippen molar-refractivity contribution in [3.05, 3.63) is 102 Å². The van der Waals surface area contributed by atoms with Crippen molar-refractivity contribution in [2.75, 3.05) is 31.1 Å². The summed E-state index contributed by atoms with van der Waals surface area (Å²) >= 11 is 0. The Morgan fingerprint density at radius 2 is 1.47 bits per heavy atom. The van der Waals surface area contributed by atoms with Gasteiger partial charge in [-0.05, 0) is 48.6 Å². The number of pyridine rings is 1. The average molecular weight is 450 g/mol. The van der Waals surface area contributed by atoms with Crippen molar-refractivity contribution in [2.45, 2.75) is 0 Å². The molecule has 0 spiro atoms. The van der Waals surface area contributed by atoms with Crippen LogP contribution in [0.3, 0.4) is 0 Å². The first-order chi connectivity index (χ1) is 16.7. The zero-order valence-electron chi connectivity index (χ0n) is 18.5. The number of anilines is 1. The molecule has 7 heteroatoms. The lowest BCUT2D eigenvalue weighted by Gasteiger charge is -2.36. The Hall–Kier alpha value is -4.39. The Bertz CT molecular complexity index is 1340. The lowest BCUT2D eigenvalue weighted by Crippen LogP contribution is -2.48. The monoisotopic (exact) mass is 449 g/mol. The summed E-state index contributed by atoms with van der Waals surface area (Å²) in [6.07, 6.45) is 8.33. The van der Waals surface area contributed by atoms with Crippen LogP contribution >= 0.6 is 0 Å². The van der Waals surface area contributed by atoms with Gasteiger partial charge in [-0.1, -0.05) is 24.3 Å². The second-order valence-electron chi connectivity index (χ2n) is 8.04. The van der Waals surface area contributed by atoms with Gasteiger partial charge in [0.15, 0.2) is 5.78 Å². The molecule has 5 rings (SSSR count). The summed E-state index contributed by atoms with van der Waals surface area (Å²) in [6.45, 7) is 2.85. The van der Waals surface area contributed by atoms with Crippen LogP contribution in [0.15, 0.2) is 85.3 Å². The van der Waals surface area contributed by atoms with E-state index < -0.39 is 0 Å². The fourth-order valence-electron chi connectivity index (χ4n) is 3.99. The Balaban J connectivity index is 1.20. The van der Waals surface area contributed by atoms with Gasteiger partial charge in [-0.3, -0.25) is 19.6 Å². The van der Waals surface area contributed by atoms with Gasteiger partial charge in [-0.25, -0.2) is 4.98 Å². The highest BCUT2D eigenvalue weighted by atomic mass is 16.2. The van der Waals surface area contributed by atoms with Crippen molar-refractivity contribution in [3.8, 4) is 0 Å². The molecule has 4 aromatic rings. The van der Waals surface area contributed by atoms with Gasteiger partial charge in [0.2, 0.25) is 0 Å². The van der Waals surface area contributed by atoms with E-state index in [9.17, 15) is 9.59 Å². The number of allylic oxidation sites excluding steroid dienone is 1. The number of aromatic nitrogens is 3. The molecule has 0 radical (unpaired) electrons. The zero-order chi connectivity index (χ0) is 23.3. The predicted molar refractivity (Wildman–Crippen MR) is 132 cm³/mol. The summed E-state index contributed by atoms with van der Waals surface area (Å²) in [5, 5.41) is 0. The molecule has 168 valence electrons. The van der Waals surface area contributed by atoms with Crippen LogP contribution in [0, 0.1) is 0 Å². The van der Waals surface area contributed by atoms with Gasteiger partial charge in [-0.2, -0.15) is 0 Å². The third-order valence-corrected chi connectivity index (χ3v) is 5.88. The molecule has 0 N–H and O–H groups in total. The molecule has 1 saturated heterocycles. The molecule has 0 saturated carbocycles. The largest absolute Gasteiger partial charge is 0.368 e. The molecule has 0 bridgehead atoms. The Morgan fingerprint density at radius 1 is 0.794 bits per heavy atom. The predicted octanol–water partition coefficient (Wildman–Crippen LogP) is 3.88. The number of fused-ring (bicyclic) bond motifs is 1. The van der Waals surface area contributed by atoms with Crippen LogP contribution < -0.4 is 4.90 Å². The van der Waals surface area contributed by atoms with E-state index in [1.165, 1.54) is 6.08 Å². The second-order valence-corrected chi connectivity index (χ2v) is 8.04. The minimum Gasteiger partial charge on any atom is -0.368 e. The van der Waals surface area contributed by atoms with E-state index in [2.05, 4.69) is 19.9 Å². The fraction of sp³-hybridized carbons (Fsp3) is 0.148. The Kier molecular flexibility index (Phi) is 6.07. The van der Waals surface area contributed by atoms with Crippen LogP contribution in [0.2, 0.25) is 0 Å². The summed E-state index contributed by atoms with van der Waals surface area (Å²) in [5.74, 6) is -0.171. The first kappa shape index (κ1) is 21.5. The summed E-state index contributed by atoms with van der Waals surface area (Å²) in [4.78, 5) is 42.5. The van der Waals surface area contributed by atoms with Gasteiger partial charge in [0.05, 0.1) is 22.9 Å². The molecule has 7 nitrogen and oxygen atoms in total. The highest BCUT2D eigenvalue weighted by Gasteiger charge is 2.22.